The highest BCUT2D eigenvalue weighted by Crippen LogP contribution is 2.27. The average Bonchev–Trinajstić information content (AvgIpc) is 2.82. The maximum atomic E-state index is 5.67. The number of halogens is 1. The Morgan fingerprint density at radius 2 is 2.33 bits per heavy atom. The molecule has 0 radical (unpaired) electrons. The molecule has 1 fully saturated rings. The lowest BCUT2D eigenvalue weighted by Gasteiger charge is -2.24. The van der Waals surface area contributed by atoms with E-state index in [1.807, 2.05) is 0 Å². The average molecular weight is 313 g/mol. The summed E-state index contributed by atoms with van der Waals surface area (Å²) in [5.41, 5.74) is 8.07. The quantitative estimate of drug-likeness (QED) is 0.908. The van der Waals surface area contributed by atoms with Gasteiger partial charge in [0.15, 0.2) is 0 Å². The lowest BCUT2D eigenvalue weighted by Crippen LogP contribution is -2.28. The Hall–Kier alpha value is -0.580. The fraction of sp³-hybridized carbons (Fsp3) is 0.571. The molecule has 1 aromatic rings. The van der Waals surface area contributed by atoms with Crippen molar-refractivity contribution in [2.24, 2.45) is 5.73 Å². The zero-order valence-corrected chi connectivity index (χ0v) is 12.4. The molecule has 0 aromatic heterocycles. The zero-order chi connectivity index (χ0) is 13.0. The van der Waals surface area contributed by atoms with E-state index >= 15 is 0 Å². The third kappa shape index (κ3) is 3.46. The number of hydrogen-bond acceptors (Lipinski definition) is 3. The first-order chi connectivity index (χ1) is 8.70. The van der Waals surface area contributed by atoms with Gasteiger partial charge in [0.05, 0.1) is 11.8 Å². The first-order valence-corrected chi connectivity index (χ1v) is 7.31. The van der Waals surface area contributed by atoms with E-state index in [-0.39, 0.29) is 0 Å². The molecule has 1 aromatic carbocycles. The van der Waals surface area contributed by atoms with Gasteiger partial charge in [0.25, 0.3) is 0 Å². The normalized spacial score (nSPS) is 19.2. The van der Waals surface area contributed by atoms with E-state index in [9.17, 15) is 0 Å². The number of benzene rings is 1. The van der Waals surface area contributed by atoms with Gasteiger partial charge in [-0.2, -0.15) is 0 Å². The SMILES string of the molecule is CN(CC1CCCO1)c1ccc(CCN)cc1Br. The number of nitrogens with zero attached hydrogens (tertiary/aromatic N) is 1. The van der Waals surface area contributed by atoms with Gasteiger partial charge >= 0.3 is 0 Å². The van der Waals surface area contributed by atoms with E-state index in [1.54, 1.807) is 0 Å². The van der Waals surface area contributed by atoms with Crippen molar-refractivity contribution in [3.63, 3.8) is 0 Å². The van der Waals surface area contributed by atoms with Crippen LogP contribution in [-0.4, -0.2) is 32.8 Å². The number of anilines is 1. The van der Waals surface area contributed by atoms with Crippen molar-refractivity contribution in [3.05, 3.63) is 28.2 Å². The van der Waals surface area contributed by atoms with Crippen LogP contribution in [0, 0.1) is 0 Å². The van der Waals surface area contributed by atoms with Gasteiger partial charge in [0.1, 0.15) is 0 Å². The van der Waals surface area contributed by atoms with Crippen LogP contribution in [-0.2, 0) is 11.2 Å². The molecule has 18 heavy (non-hydrogen) atoms. The fourth-order valence-corrected chi connectivity index (χ4v) is 3.10. The summed E-state index contributed by atoms with van der Waals surface area (Å²) in [6.45, 7) is 2.56. The van der Waals surface area contributed by atoms with Gasteiger partial charge in [-0.3, -0.25) is 0 Å². The first-order valence-electron chi connectivity index (χ1n) is 6.52. The highest BCUT2D eigenvalue weighted by Gasteiger charge is 2.18. The third-order valence-corrected chi connectivity index (χ3v) is 3.99. The van der Waals surface area contributed by atoms with Gasteiger partial charge in [-0.25, -0.2) is 0 Å². The Balaban J connectivity index is 2.02. The van der Waals surface area contributed by atoms with Gasteiger partial charge in [0, 0.05) is 24.7 Å². The molecule has 2 rings (SSSR count). The summed E-state index contributed by atoms with van der Waals surface area (Å²) in [7, 11) is 2.12. The fourth-order valence-electron chi connectivity index (χ4n) is 2.37. The van der Waals surface area contributed by atoms with Crippen molar-refractivity contribution >= 4 is 21.6 Å². The van der Waals surface area contributed by atoms with E-state index in [0.717, 1.165) is 24.0 Å². The molecule has 0 bridgehead atoms. The zero-order valence-electron chi connectivity index (χ0n) is 10.9. The molecule has 3 nitrogen and oxygen atoms in total. The van der Waals surface area contributed by atoms with E-state index in [0.29, 0.717) is 12.6 Å². The largest absolute Gasteiger partial charge is 0.376 e. The van der Waals surface area contributed by atoms with Gasteiger partial charge in [-0.1, -0.05) is 6.07 Å². The Labute approximate surface area is 117 Å². The standard InChI is InChI=1S/C14H21BrN2O/c1-17(10-12-3-2-8-18-12)14-5-4-11(6-7-16)9-13(14)15/h4-5,9,12H,2-3,6-8,10,16H2,1H3. The Kier molecular flexibility index (Phi) is 5.03. The predicted octanol–water partition coefficient (Wildman–Crippen LogP) is 2.57. The molecule has 1 aliphatic rings. The van der Waals surface area contributed by atoms with Crippen molar-refractivity contribution in [2.75, 3.05) is 31.6 Å². The topological polar surface area (TPSA) is 38.5 Å². The van der Waals surface area contributed by atoms with Crippen molar-refractivity contribution in [2.45, 2.75) is 25.4 Å². The second-order valence-corrected chi connectivity index (χ2v) is 5.69. The van der Waals surface area contributed by atoms with Crippen LogP contribution in [0.5, 0.6) is 0 Å². The highest BCUT2D eigenvalue weighted by molar-refractivity contribution is 9.10. The molecule has 1 aliphatic heterocycles. The molecule has 4 heteroatoms. The highest BCUT2D eigenvalue weighted by atomic mass is 79.9. The maximum Gasteiger partial charge on any atom is 0.0750 e. The number of likely N-dealkylation sites (N-methyl/N-ethyl adjacent to an activating group) is 1. The van der Waals surface area contributed by atoms with Crippen LogP contribution in [0.3, 0.4) is 0 Å². The molecule has 1 unspecified atom stereocenters. The van der Waals surface area contributed by atoms with Crippen LogP contribution in [0.15, 0.2) is 22.7 Å². The smallest absolute Gasteiger partial charge is 0.0750 e. The lowest BCUT2D eigenvalue weighted by molar-refractivity contribution is 0.116. The number of ether oxygens (including phenoxy) is 1. The van der Waals surface area contributed by atoms with Gasteiger partial charge in [0.2, 0.25) is 0 Å². The van der Waals surface area contributed by atoms with Crippen LogP contribution in [0.1, 0.15) is 18.4 Å². The summed E-state index contributed by atoms with van der Waals surface area (Å²) in [5.74, 6) is 0. The monoisotopic (exact) mass is 312 g/mol. The summed E-state index contributed by atoms with van der Waals surface area (Å²) in [4.78, 5) is 2.26. The third-order valence-electron chi connectivity index (χ3n) is 3.36. The molecule has 1 atom stereocenters. The molecule has 0 spiro atoms. The van der Waals surface area contributed by atoms with Crippen LogP contribution in [0.2, 0.25) is 0 Å². The molecular weight excluding hydrogens is 292 g/mol. The van der Waals surface area contributed by atoms with Gasteiger partial charge in [-0.15, -0.1) is 0 Å². The minimum absolute atomic E-state index is 0.380. The van der Waals surface area contributed by atoms with Crippen LogP contribution >= 0.6 is 15.9 Å². The summed E-state index contributed by atoms with van der Waals surface area (Å²) < 4.78 is 6.81. The van der Waals surface area contributed by atoms with E-state index in [4.69, 9.17) is 10.5 Å². The van der Waals surface area contributed by atoms with E-state index in [1.165, 1.54) is 24.1 Å². The number of rotatable bonds is 5. The molecule has 1 saturated heterocycles. The van der Waals surface area contributed by atoms with E-state index < -0.39 is 0 Å². The number of nitrogens with two attached hydrogens (primary N) is 1. The molecule has 0 amide bonds. The first kappa shape index (κ1) is 13.8. The Morgan fingerprint density at radius 1 is 1.50 bits per heavy atom. The van der Waals surface area contributed by atoms with Gasteiger partial charge < -0.3 is 15.4 Å². The molecule has 1 heterocycles. The molecule has 2 N–H and O–H groups in total. The molecule has 0 aliphatic carbocycles. The Morgan fingerprint density at radius 3 is 2.94 bits per heavy atom. The maximum absolute atomic E-state index is 5.67. The molecule has 100 valence electrons. The number of hydrogen-bond donors (Lipinski definition) is 1. The van der Waals surface area contributed by atoms with E-state index in [2.05, 4.69) is 46.1 Å². The molecular formula is C14H21BrN2O. The van der Waals surface area contributed by atoms with Gasteiger partial charge in [-0.05, 0) is 59.4 Å². The second kappa shape index (κ2) is 6.55. The van der Waals surface area contributed by atoms with Crippen LogP contribution < -0.4 is 10.6 Å². The molecule has 0 saturated carbocycles. The second-order valence-electron chi connectivity index (χ2n) is 4.84. The summed E-state index contributed by atoms with van der Waals surface area (Å²) in [6, 6.07) is 6.47. The summed E-state index contributed by atoms with van der Waals surface area (Å²) >= 11 is 3.64. The van der Waals surface area contributed by atoms with Crippen LogP contribution in [0.4, 0.5) is 5.69 Å². The van der Waals surface area contributed by atoms with Crippen molar-refractivity contribution in [1.29, 1.82) is 0 Å². The summed E-state index contributed by atoms with van der Waals surface area (Å²) in [6.07, 6.45) is 3.67. The predicted molar refractivity (Wildman–Crippen MR) is 79.1 cm³/mol. The Bertz CT molecular complexity index is 391. The van der Waals surface area contributed by atoms with Crippen LogP contribution in [0.25, 0.3) is 0 Å². The summed E-state index contributed by atoms with van der Waals surface area (Å²) in [5, 5.41) is 0. The van der Waals surface area contributed by atoms with Crippen molar-refractivity contribution in [1.82, 2.24) is 0 Å². The minimum atomic E-state index is 0.380. The minimum Gasteiger partial charge on any atom is -0.376 e. The lowest BCUT2D eigenvalue weighted by atomic mass is 10.1. The van der Waals surface area contributed by atoms with Crippen molar-refractivity contribution < 1.29 is 4.74 Å². The van der Waals surface area contributed by atoms with Crippen molar-refractivity contribution in [3.8, 4) is 0 Å².